The molecular weight excluding hydrogens is 586 g/mol. The summed E-state index contributed by atoms with van der Waals surface area (Å²) < 4.78 is 10.2. The maximum Gasteiger partial charge on any atom is 0.282 e. The molecule has 0 saturated carbocycles. The molecule has 5 aromatic rings. The zero-order valence-corrected chi connectivity index (χ0v) is 24.5. The molecule has 5 rings (SSSR count). The van der Waals surface area contributed by atoms with Gasteiger partial charge in [0.1, 0.15) is 18.2 Å². The SMILES string of the molecule is CCCc1nc2ccc(Br)cc2c(=O)n1N=Cc1cc(C)n(-c2ccc(OCc3ccc([N+](=O)[O-])cc3)cc2)c1C. The first-order chi connectivity index (χ1) is 19.7. The van der Waals surface area contributed by atoms with Crippen LogP contribution in [0.1, 0.15) is 41.7 Å². The molecule has 0 saturated heterocycles. The fourth-order valence-electron chi connectivity index (χ4n) is 4.71. The summed E-state index contributed by atoms with van der Waals surface area (Å²) in [5, 5.41) is 16.0. The molecule has 2 aromatic heterocycles. The Labute approximate surface area is 245 Å². The zero-order valence-electron chi connectivity index (χ0n) is 22.9. The number of non-ortho nitro benzene ring substituents is 1. The van der Waals surface area contributed by atoms with Crippen LogP contribution in [0.3, 0.4) is 0 Å². The summed E-state index contributed by atoms with van der Waals surface area (Å²) in [5.41, 5.74) is 5.21. The number of nitro benzene ring substituents is 1. The minimum atomic E-state index is -0.421. The molecule has 0 bridgehead atoms. The van der Waals surface area contributed by atoms with Crippen molar-refractivity contribution in [3.63, 3.8) is 0 Å². The highest BCUT2D eigenvalue weighted by Gasteiger charge is 2.13. The monoisotopic (exact) mass is 613 g/mol. The van der Waals surface area contributed by atoms with Crippen molar-refractivity contribution in [3.8, 4) is 11.4 Å². The second kappa shape index (κ2) is 11.9. The van der Waals surface area contributed by atoms with Crippen molar-refractivity contribution in [1.29, 1.82) is 0 Å². The Balaban J connectivity index is 1.37. The Morgan fingerprint density at radius 2 is 1.78 bits per heavy atom. The van der Waals surface area contributed by atoms with Crippen LogP contribution in [0.5, 0.6) is 5.75 Å². The summed E-state index contributed by atoms with van der Waals surface area (Å²) in [7, 11) is 0. The lowest BCUT2D eigenvalue weighted by Gasteiger charge is -2.12. The number of hydrogen-bond acceptors (Lipinski definition) is 6. The van der Waals surface area contributed by atoms with E-state index in [0.717, 1.165) is 39.1 Å². The van der Waals surface area contributed by atoms with Gasteiger partial charge in [-0.25, -0.2) is 4.98 Å². The quantitative estimate of drug-likeness (QED) is 0.102. The maximum atomic E-state index is 13.3. The van der Waals surface area contributed by atoms with E-state index in [1.807, 2.05) is 63.2 Å². The highest BCUT2D eigenvalue weighted by atomic mass is 79.9. The van der Waals surface area contributed by atoms with Crippen molar-refractivity contribution in [3.05, 3.63) is 126 Å². The molecule has 41 heavy (non-hydrogen) atoms. The fourth-order valence-corrected chi connectivity index (χ4v) is 5.07. The number of rotatable bonds is 9. The number of ether oxygens (including phenoxy) is 1. The number of nitro groups is 1. The van der Waals surface area contributed by atoms with Crippen molar-refractivity contribution in [1.82, 2.24) is 14.2 Å². The average Bonchev–Trinajstić information content (AvgIpc) is 3.25. The van der Waals surface area contributed by atoms with Crippen LogP contribution < -0.4 is 10.3 Å². The van der Waals surface area contributed by atoms with E-state index in [2.05, 4.69) is 25.6 Å². The van der Waals surface area contributed by atoms with Gasteiger partial charge in [-0.3, -0.25) is 14.9 Å². The van der Waals surface area contributed by atoms with E-state index in [1.54, 1.807) is 24.4 Å². The van der Waals surface area contributed by atoms with Gasteiger partial charge in [0.15, 0.2) is 0 Å². The van der Waals surface area contributed by atoms with Crippen LogP contribution in [-0.2, 0) is 13.0 Å². The van der Waals surface area contributed by atoms with Gasteiger partial charge in [0.2, 0.25) is 0 Å². The first-order valence-corrected chi connectivity index (χ1v) is 14.0. The summed E-state index contributed by atoms with van der Waals surface area (Å²) >= 11 is 3.44. The topological polar surface area (TPSA) is 105 Å². The van der Waals surface area contributed by atoms with E-state index in [1.165, 1.54) is 16.8 Å². The lowest BCUT2D eigenvalue weighted by molar-refractivity contribution is -0.384. The van der Waals surface area contributed by atoms with Crippen LogP contribution >= 0.6 is 15.9 Å². The molecule has 0 unspecified atom stereocenters. The number of benzene rings is 3. The standard InChI is InChI=1S/C31H28BrN5O4/c1-4-5-30-34-29-15-8-24(32)17-28(29)31(38)36(30)33-18-23-16-20(2)35(21(23)3)25-11-13-27(14-12-25)41-19-22-6-9-26(10-7-22)37(39)40/h6-18H,4-5,19H2,1-3H3. The van der Waals surface area contributed by atoms with E-state index < -0.39 is 4.92 Å². The van der Waals surface area contributed by atoms with Gasteiger partial charge in [0.25, 0.3) is 11.2 Å². The number of aromatic nitrogens is 3. The normalized spacial score (nSPS) is 11.4. The van der Waals surface area contributed by atoms with Gasteiger partial charge in [0, 0.05) is 45.7 Å². The summed E-state index contributed by atoms with van der Waals surface area (Å²) in [6.45, 7) is 6.39. The first kappa shape index (κ1) is 28.0. The molecule has 0 amide bonds. The molecule has 0 aliphatic carbocycles. The number of hydrogen-bond donors (Lipinski definition) is 0. The van der Waals surface area contributed by atoms with E-state index in [-0.39, 0.29) is 11.2 Å². The molecule has 3 aromatic carbocycles. The molecule has 9 nitrogen and oxygen atoms in total. The predicted octanol–water partition coefficient (Wildman–Crippen LogP) is 6.89. The van der Waals surface area contributed by atoms with Gasteiger partial charge in [-0.05, 0) is 86.5 Å². The van der Waals surface area contributed by atoms with Gasteiger partial charge >= 0.3 is 0 Å². The minimum Gasteiger partial charge on any atom is -0.489 e. The zero-order chi connectivity index (χ0) is 29.1. The van der Waals surface area contributed by atoms with Crippen molar-refractivity contribution in [2.75, 3.05) is 0 Å². The Hall–Kier alpha value is -4.57. The van der Waals surface area contributed by atoms with Crippen LogP contribution in [0.4, 0.5) is 5.69 Å². The van der Waals surface area contributed by atoms with Crippen molar-refractivity contribution in [2.45, 2.75) is 40.2 Å². The minimum absolute atomic E-state index is 0.0515. The van der Waals surface area contributed by atoms with Gasteiger partial charge in [-0.1, -0.05) is 22.9 Å². The van der Waals surface area contributed by atoms with Crippen LogP contribution in [-0.4, -0.2) is 25.4 Å². The molecular formula is C31H28BrN5O4. The Morgan fingerprint density at radius 1 is 1.05 bits per heavy atom. The largest absolute Gasteiger partial charge is 0.489 e. The molecule has 208 valence electrons. The smallest absolute Gasteiger partial charge is 0.282 e. The highest BCUT2D eigenvalue weighted by molar-refractivity contribution is 9.10. The van der Waals surface area contributed by atoms with Gasteiger partial charge in [-0.2, -0.15) is 9.78 Å². The maximum absolute atomic E-state index is 13.3. The summed E-state index contributed by atoms with van der Waals surface area (Å²) in [6.07, 6.45) is 3.19. The Bertz CT molecular complexity index is 1820. The molecule has 0 N–H and O–H groups in total. The lowest BCUT2D eigenvalue weighted by Crippen LogP contribution is -2.22. The number of nitrogens with zero attached hydrogens (tertiary/aromatic N) is 5. The number of halogens is 1. The van der Waals surface area contributed by atoms with Gasteiger partial charge in [-0.15, -0.1) is 0 Å². The fraction of sp³-hybridized carbons (Fsp3) is 0.194. The van der Waals surface area contributed by atoms with E-state index in [4.69, 9.17) is 9.72 Å². The van der Waals surface area contributed by atoms with Crippen LogP contribution in [0.2, 0.25) is 0 Å². The van der Waals surface area contributed by atoms with Crippen molar-refractivity contribution in [2.24, 2.45) is 5.10 Å². The predicted molar refractivity (Wildman–Crippen MR) is 163 cm³/mol. The molecule has 0 atom stereocenters. The van der Waals surface area contributed by atoms with Gasteiger partial charge < -0.3 is 9.30 Å². The second-order valence-corrected chi connectivity index (χ2v) is 10.6. The Kier molecular flexibility index (Phi) is 8.11. The molecule has 10 heteroatoms. The van der Waals surface area contributed by atoms with Crippen LogP contribution in [0, 0.1) is 24.0 Å². The number of fused-ring (bicyclic) bond motifs is 1. The molecule has 0 aliphatic rings. The highest BCUT2D eigenvalue weighted by Crippen LogP contribution is 2.23. The lowest BCUT2D eigenvalue weighted by atomic mass is 10.2. The van der Waals surface area contributed by atoms with Crippen LogP contribution in [0.25, 0.3) is 16.6 Å². The molecule has 0 aliphatic heterocycles. The van der Waals surface area contributed by atoms with E-state index in [9.17, 15) is 14.9 Å². The summed E-state index contributed by atoms with van der Waals surface area (Å²) in [4.78, 5) is 28.5. The Morgan fingerprint density at radius 3 is 2.46 bits per heavy atom. The van der Waals surface area contributed by atoms with Crippen molar-refractivity contribution < 1.29 is 9.66 Å². The molecule has 0 radical (unpaired) electrons. The molecule has 0 fully saturated rings. The summed E-state index contributed by atoms with van der Waals surface area (Å²) in [6, 6.07) is 21.6. The van der Waals surface area contributed by atoms with Crippen LogP contribution in [0.15, 0.2) is 87.2 Å². The summed E-state index contributed by atoms with van der Waals surface area (Å²) in [5.74, 6) is 1.32. The third-order valence-electron chi connectivity index (χ3n) is 6.78. The van der Waals surface area contributed by atoms with Crippen molar-refractivity contribution >= 4 is 38.7 Å². The van der Waals surface area contributed by atoms with Gasteiger partial charge in [0.05, 0.1) is 22.0 Å². The third-order valence-corrected chi connectivity index (χ3v) is 7.27. The molecule has 2 heterocycles. The van der Waals surface area contributed by atoms with E-state index in [0.29, 0.717) is 35.5 Å². The third kappa shape index (κ3) is 5.97. The molecule has 0 spiro atoms. The first-order valence-electron chi connectivity index (χ1n) is 13.2. The average molecular weight is 615 g/mol. The number of aryl methyl sites for hydroxylation is 2. The van der Waals surface area contributed by atoms with E-state index >= 15 is 0 Å². The second-order valence-electron chi connectivity index (χ2n) is 9.67.